The Morgan fingerprint density at radius 1 is 1.31 bits per heavy atom. The van der Waals surface area contributed by atoms with E-state index in [0.717, 1.165) is 17.3 Å². The van der Waals surface area contributed by atoms with Crippen molar-refractivity contribution < 1.29 is 4.74 Å². The quantitative estimate of drug-likeness (QED) is 0.823. The first-order chi connectivity index (χ1) is 7.83. The van der Waals surface area contributed by atoms with Crippen molar-refractivity contribution in [3.8, 4) is 11.4 Å². The highest BCUT2D eigenvalue weighted by Gasteiger charge is 2.01. The molecule has 84 valence electrons. The van der Waals surface area contributed by atoms with Crippen molar-refractivity contribution >= 4 is 0 Å². The summed E-state index contributed by atoms with van der Waals surface area (Å²) in [5.41, 5.74) is 6.40. The van der Waals surface area contributed by atoms with Gasteiger partial charge in [0.1, 0.15) is 12.1 Å². The van der Waals surface area contributed by atoms with Crippen LogP contribution < -0.4 is 10.5 Å². The van der Waals surface area contributed by atoms with E-state index in [4.69, 9.17) is 10.5 Å². The number of aromatic nitrogens is 3. The van der Waals surface area contributed by atoms with Gasteiger partial charge in [0.15, 0.2) is 5.82 Å². The third kappa shape index (κ3) is 2.20. The maximum absolute atomic E-state index is 5.44. The minimum absolute atomic E-state index is 0.562. The lowest BCUT2D eigenvalue weighted by atomic mass is 10.3. The van der Waals surface area contributed by atoms with E-state index < -0.39 is 0 Å². The number of benzene rings is 1. The molecule has 0 aliphatic carbocycles. The van der Waals surface area contributed by atoms with E-state index in [9.17, 15) is 0 Å². The van der Waals surface area contributed by atoms with Crippen molar-refractivity contribution in [2.24, 2.45) is 5.73 Å². The Labute approximate surface area is 93.9 Å². The lowest BCUT2D eigenvalue weighted by molar-refractivity contribution is 0.414. The molecule has 5 heteroatoms. The summed E-state index contributed by atoms with van der Waals surface area (Å²) in [6, 6.07) is 7.64. The van der Waals surface area contributed by atoms with Crippen LogP contribution in [0.25, 0.3) is 5.69 Å². The molecule has 0 spiro atoms. The van der Waals surface area contributed by atoms with Gasteiger partial charge in [-0.3, -0.25) is 0 Å². The normalized spacial score (nSPS) is 10.4. The first-order valence-corrected chi connectivity index (χ1v) is 5.08. The second kappa shape index (κ2) is 4.76. The lowest BCUT2D eigenvalue weighted by Crippen LogP contribution is -2.05. The van der Waals surface area contributed by atoms with Gasteiger partial charge in [0.25, 0.3) is 0 Å². The van der Waals surface area contributed by atoms with Crippen LogP contribution >= 0.6 is 0 Å². The van der Waals surface area contributed by atoms with Gasteiger partial charge in [0.05, 0.1) is 12.8 Å². The molecule has 0 fully saturated rings. The largest absolute Gasteiger partial charge is 0.497 e. The molecule has 1 heterocycles. The zero-order valence-electron chi connectivity index (χ0n) is 9.13. The van der Waals surface area contributed by atoms with Crippen molar-refractivity contribution in [1.29, 1.82) is 0 Å². The minimum atomic E-state index is 0.562. The molecular weight excluding hydrogens is 204 g/mol. The molecular formula is C11H14N4O. The van der Waals surface area contributed by atoms with Gasteiger partial charge in [-0.15, -0.1) is 0 Å². The Morgan fingerprint density at radius 2 is 2.06 bits per heavy atom. The topological polar surface area (TPSA) is 66.0 Å². The highest BCUT2D eigenvalue weighted by atomic mass is 16.5. The van der Waals surface area contributed by atoms with Crippen LogP contribution in [0.5, 0.6) is 5.75 Å². The van der Waals surface area contributed by atoms with E-state index in [1.807, 2.05) is 24.3 Å². The fourth-order valence-electron chi connectivity index (χ4n) is 1.40. The predicted molar refractivity (Wildman–Crippen MR) is 60.7 cm³/mol. The summed E-state index contributed by atoms with van der Waals surface area (Å²) in [6.45, 7) is 0.562. The Morgan fingerprint density at radius 3 is 2.69 bits per heavy atom. The number of methoxy groups -OCH3 is 1. The molecule has 0 saturated heterocycles. The van der Waals surface area contributed by atoms with Crippen LogP contribution in [0.4, 0.5) is 0 Å². The van der Waals surface area contributed by atoms with Crippen molar-refractivity contribution in [2.75, 3.05) is 13.7 Å². The van der Waals surface area contributed by atoms with E-state index in [0.29, 0.717) is 13.0 Å². The van der Waals surface area contributed by atoms with E-state index in [1.54, 1.807) is 18.1 Å². The molecule has 2 aromatic rings. The number of rotatable bonds is 4. The number of nitrogens with two attached hydrogens (primary N) is 1. The van der Waals surface area contributed by atoms with Crippen molar-refractivity contribution in [3.05, 3.63) is 36.4 Å². The van der Waals surface area contributed by atoms with Crippen LogP contribution in [0.15, 0.2) is 30.6 Å². The molecule has 2 N–H and O–H groups in total. The maximum atomic E-state index is 5.44. The zero-order chi connectivity index (χ0) is 11.4. The van der Waals surface area contributed by atoms with Crippen molar-refractivity contribution in [1.82, 2.24) is 14.8 Å². The van der Waals surface area contributed by atoms with Crippen molar-refractivity contribution in [2.45, 2.75) is 6.42 Å². The number of hydrogen-bond acceptors (Lipinski definition) is 4. The second-order valence-corrected chi connectivity index (χ2v) is 3.34. The van der Waals surface area contributed by atoms with Gasteiger partial charge in [-0.1, -0.05) is 0 Å². The summed E-state index contributed by atoms with van der Waals surface area (Å²) in [5, 5.41) is 4.31. The fraction of sp³-hybridized carbons (Fsp3) is 0.273. The van der Waals surface area contributed by atoms with Gasteiger partial charge < -0.3 is 10.5 Å². The van der Waals surface area contributed by atoms with Crippen LogP contribution in [0.1, 0.15) is 5.82 Å². The van der Waals surface area contributed by atoms with E-state index in [1.165, 1.54) is 0 Å². The maximum Gasteiger partial charge on any atom is 0.152 e. The molecule has 0 atom stereocenters. The van der Waals surface area contributed by atoms with Crippen LogP contribution in [-0.4, -0.2) is 28.4 Å². The van der Waals surface area contributed by atoms with Crippen LogP contribution in [0.3, 0.4) is 0 Å². The van der Waals surface area contributed by atoms with Gasteiger partial charge in [0, 0.05) is 6.42 Å². The second-order valence-electron chi connectivity index (χ2n) is 3.34. The van der Waals surface area contributed by atoms with Gasteiger partial charge in [-0.05, 0) is 30.8 Å². The third-order valence-corrected chi connectivity index (χ3v) is 2.24. The highest BCUT2D eigenvalue weighted by Crippen LogP contribution is 2.13. The number of nitrogens with zero attached hydrogens (tertiary/aromatic N) is 3. The van der Waals surface area contributed by atoms with Crippen LogP contribution in [0, 0.1) is 0 Å². The summed E-state index contributed by atoms with van der Waals surface area (Å²) >= 11 is 0. The average molecular weight is 218 g/mol. The number of ether oxygens (including phenoxy) is 1. The SMILES string of the molecule is COc1ccc(-n2cnc(CCN)n2)cc1. The zero-order valence-corrected chi connectivity index (χ0v) is 9.13. The molecule has 0 saturated carbocycles. The Bertz CT molecular complexity index is 449. The molecule has 5 nitrogen and oxygen atoms in total. The first kappa shape index (κ1) is 10.6. The average Bonchev–Trinajstić information content (AvgIpc) is 2.78. The van der Waals surface area contributed by atoms with Crippen LogP contribution in [-0.2, 0) is 6.42 Å². The Kier molecular flexibility index (Phi) is 3.16. The first-order valence-electron chi connectivity index (χ1n) is 5.08. The highest BCUT2D eigenvalue weighted by molar-refractivity contribution is 5.36. The summed E-state index contributed by atoms with van der Waals surface area (Å²) in [7, 11) is 1.64. The van der Waals surface area contributed by atoms with E-state index >= 15 is 0 Å². The molecule has 0 radical (unpaired) electrons. The molecule has 0 bridgehead atoms. The van der Waals surface area contributed by atoms with Gasteiger partial charge >= 0.3 is 0 Å². The fourth-order valence-corrected chi connectivity index (χ4v) is 1.40. The van der Waals surface area contributed by atoms with Gasteiger partial charge in [0.2, 0.25) is 0 Å². The molecule has 1 aromatic carbocycles. The monoisotopic (exact) mass is 218 g/mol. The summed E-state index contributed by atoms with van der Waals surface area (Å²) in [6.07, 6.45) is 2.38. The summed E-state index contributed by atoms with van der Waals surface area (Å²) in [5.74, 6) is 1.59. The smallest absolute Gasteiger partial charge is 0.152 e. The minimum Gasteiger partial charge on any atom is -0.497 e. The standard InChI is InChI=1S/C11H14N4O/c1-16-10-4-2-9(3-5-10)15-8-13-11(14-15)6-7-12/h2-5,8H,6-7,12H2,1H3. The van der Waals surface area contributed by atoms with Crippen LogP contribution in [0.2, 0.25) is 0 Å². The summed E-state index contributed by atoms with van der Waals surface area (Å²) in [4.78, 5) is 4.17. The van der Waals surface area contributed by atoms with E-state index in [2.05, 4.69) is 10.1 Å². The molecule has 1 aromatic heterocycles. The predicted octanol–water partition coefficient (Wildman–Crippen LogP) is 0.777. The lowest BCUT2D eigenvalue weighted by Gasteiger charge is -2.02. The molecule has 0 aliphatic heterocycles. The molecule has 2 rings (SSSR count). The third-order valence-electron chi connectivity index (χ3n) is 2.24. The molecule has 0 unspecified atom stereocenters. The van der Waals surface area contributed by atoms with E-state index in [-0.39, 0.29) is 0 Å². The van der Waals surface area contributed by atoms with Gasteiger partial charge in [-0.25, -0.2) is 9.67 Å². The summed E-state index contributed by atoms with van der Waals surface area (Å²) < 4.78 is 6.81. The molecule has 0 amide bonds. The Balaban J connectivity index is 2.21. The number of hydrogen-bond donors (Lipinski definition) is 1. The van der Waals surface area contributed by atoms with Crippen molar-refractivity contribution in [3.63, 3.8) is 0 Å². The molecule has 16 heavy (non-hydrogen) atoms. The molecule has 0 aliphatic rings. The Hall–Kier alpha value is -1.88. The van der Waals surface area contributed by atoms with Gasteiger partial charge in [-0.2, -0.15) is 5.10 Å².